The van der Waals surface area contributed by atoms with Crippen molar-refractivity contribution in [3.8, 4) is 79.4 Å². The van der Waals surface area contributed by atoms with Gasteiger partial charge < -0.3 is 53.2 Å². The highest BCUT2D eigenvalue weighted by Gasteiger charge is 2.42. The number of carbonyl (C=O) groups excluding carboxylic acids is 4. The molecule has 4 aromatic heterocycles. The molecule has 0 atom stereocenters. The monoisotopic (exact) mass is 1930 g/mol. The number of fused-ring (bicyclic) bond motifs is 11. The lowest BCUT2D eigenvalue weighted by Gasteiger charge is -2.35. The van der Waals surface area contributed by atoms with E-state index in [2.05, 4.69) is 28.8 Å². The van der Waals surface area contributed by atoms with Crippen LogP contribution in [-0.4, -0.2) is 80.9 Å². The predicted molar refractivity (Wildman–Crippen MR) is 549 cm³/mol. The molecular formula is C118H94F8N8O10. The van der Waals surface area contributed by atoms with E-state index in [9.17, 15) is 0 Å². The molecule has 3 aliphatic heterocycles. The van der Waals surface area contributed by atoms with Crippen molar-refractivity contribution in [3.05, 3.63) is 335 Å². The number of ether oxygens (including phenoxy) is 6. The Morgan fingerprint density at radius 3 is 0.944 bits per heavy atom. The van der Waals surface area contributed by atoms with Gasteiger partial charge in [-0.25, -0.2) is 27.4 Å². The molecule has 0 aliphatic carbocycles. The normalized spacial score (nSPS) is 12.7. The number of aromatic amines is 3. The number of H-pyrrole nitrogens is 3. The molecule has 7 heterocycles. The molecule has 8 bridgehead atoms. The molecule has 21 rings (SSSR count). The lowest BCUT2D eigenvalue weighted by atomic mass is 9.82. The van der Waals surface area contributed by atoms with Gasteiger partial charge in [-0.2, -0.15) is 17.6 Å². The summed E-state index contributed by atoms with van der Waals surface area (Å²) in [5.41, 5.74) is 1.65. The number of hydrogen-bond donors (Lipinski definition) is 3. The van der Waals surface area contributed by atoms with Crippen molar-refractivity contribution >= 4 is 152 Å². The molecule has 3 N–H and O–H groups in total. The number of nitrogens with zero attached hydrogens (tertiary/aromatic N) is 5. The van der Waals surface area contributed by atoms with E-state index in [1.54, 1.807) is 109 Å². The molecule has 0 saturated carbocycles. The van der Waals surface area contributed by atoms with Crippen molar-refractivity contribution in [1.82, 2.24) is 24.8 Å². The average Bonchev–Trinajstić information content (AvgIpc) is 0.944. The zero-order valence-electron chi connectivity index (χ0n) is 79.2. The van der Waals surface area contributed by atoms with Crippen molar-refractivity contribution < 1.29 is 82.7 Å². The summed E-state index contributed by atoms with van der Waals surface area (Å²) >= 11 is 0. The van der Waals surface area contributed by atoms with Crippen LogP contribution in [0.1, 0.15) is 159 Å². The summed E-state index contributed by atoms with van der Waals surface area (Å²) < 4.78 is 176. The number of anilines is 7. The second kappa shape index (κ2) is 39.0. The van der Waals surface area contributed by atoms with Crippen LogP contribution in [-0.2, 0) is 0 Å². The minimum absolute atomic E-state index is 0.00524. The van der Waals surface area contributed by atoms with E-state index in [0.29, 0.717) is 140 Å². The SMILES string of the molecule is CCCCCCC(CCCCCC)N1C(=O)c2ccc3c4ccc5c6c(ccc(c7ccc(c2c37)C1=O)c64)C(=O)N(c1ccc(-c2c3ccc([nH]3)c(-c3c(F)c(F)c(Oc4ccc(N(c6ccc(OCC)cc6)c6ccc(OCC)cc6)cc4)c(F)c3F)c3nc(c4ccc([nH]4)c(-c4c(F)c(F)c(Oc6ccc(N(c7ccc(OCC)cc7)c7ccc(OCC)cc7)cc6)c(F)c4F)c4ccc2[nH]4)C=C3)cc1)C5=O. The van der Waals surface area contributed by atoms with Crippen molar-refractivity contribution in [1.29, 1.82) is 0 Å². The van der Waals surface area contributed by atoms with E-state index in [4.69, 9.17) is 33.4 Å². The third kappa shape index (κ3) is 16.6. The minimum atomic E-state index is -1.93. The van der Waals surface area contributed by atoms with Gasteiger partial charge in [0.1, 0.15) is 34.5 Å². The zero-order chi connectivity index (χ0) is 99.6. The van der Waals surface area contributed by atoms with Gasteiger partial charge in [0.05, 0.1) is 60.1 Å². The van der Waals surface area contributed by atoms with Gasteiger partial charge in [-0.3, -0.25) is 24.1 Å². The first kappa shape index (κ1) is 93.5. The van der Waals surface area contributed by atoms with Crippen molar-refractivity contribution in [3.63, 3.8) is 0 Å². The fourth-order valence-electron chi connectivity index (χ4n) is 20.4. The molecule has 0 saturated heterocycles. The van der Waals surface area contributed by atoms with E-state index < -0.39 is 92.1 Å². The van der Waals surface area contributed by atoms with E-state index in [-0.39, 0.29) is 102 Å². The lowest BCUT2D eigenvalue weighted by Crippen LogP contribution is -2.47. The Morgan fingerprint density at radius 1 is 0.292 bits per heavy atom. The van der Waals surface area contributed by atoms with Gasteiger partial charge in [-0.05, 0) is 309 Å². The molecule has 0 radical (unpaired) electrons. The van der Waals surface area contributed by atoms with Crippen LogP contribution in [0.2, 0.25) is 0 Å². The largest absolute Gasteiger partial charge is 0.494 e. The molecule has 0 spiro atoms. The van der Waals surface area contributed by atoms with Gasteiger partial charge in [-0.15, -0.1) is 0 Å². The van der Waals surface area contributed by atoms with Crippen molar-refractivity contribution in [2.45, 2.75) is 112 Å². The Bertz CT molecular complexity index is 8010. The number of halogens is 8. The molecule has 18 nitrogen and oxygen atoms in total. The third-order valence-corrected chi connectivity index (χ3v) is 27.0. The quantitative estimate of drug-likeness (QED) is 0.00878. The van der Waals surface area contributed by atoms with Gasteiger partial charge in [0.25, 0.3) is 23.6 Å². The molecule has 722 valence electrons. The van der Waals surface area contributed by atoms with Crippen LogP contribution >= 0.6 is 0 Å². The fourth-order valence-corrected chi connectivity index (χ4v) is 20.4. The zero-order valence-corrected chi connectivity index (χ0v) is 79.2. The molecule has 26 heteroatoms. The topological polar surface area (TPSA) is 197 Å². The summed E-state index contributed by atoms with van der Waals surface area (Å²) in [5.74, 6) is -18.0. The molecule has 18 aromatic rings. The highest BCUT2D eigenvalue weighted by Crippen LogP contribution is 2.52. The Labute approximate surface area is 822 Å². The molecule has 0 fully saturated rings. The van der Waals surface area contributed by atoms with Gasteiger partial charge in [0.15, 0.2) is 23.3 Å². The van der Waals surface area contributed by atoms with Crippen LogP contribution < -0.4 is 43.1 Å². The number of carbonyl (C=O) groups is 4. The summed E-state index contributed by atoms with van der Waals surface area (Å²) in [6.07, 6.45) is 12.1. The van der Waals surface area contributed by atoms with Crippen LogP contribution in [0.3, 0.4) is 0 Å². The first-order chi connectivity index (χ1) is 70.1. The van der Waals surface area contributed by atoms with Crippen LogP contribution in [0.25, 0.3) is 122 Å². The smallest absolute Gasteiger partial charge is 0.265 e. The number of imide groups is 2. The van der Waals surface area contributed by atoms with Gasteiger partial charge in [0, 0.05) is 117 Å². The summed E-state index contributed by atoms with van der Waals surface area (Å²) in [7, 11) is 0. The number of nitrogens with one attached hydrogen (secondary N) is 3. The maximum atomic E-state index is 17.9. The molecular weight excluding hydrogens is 1840 g/mol. The van der Waals surface area contributed by atoms with Crippen LogP contribution in [0.4, 0.5) is 74.9 Å². The first-order valence-electron chi connectivity index (χ1n) is 48.4. The maximum absolute atomic E-state index is 17.9. The first-order valence-corrected chi connectivity index (χ1v) is 48.4. The number of rotatable bonds is 33. The molecule has 0 unspecified atom stereocenters. The second-order valence-electron chi connectivity index (χ2n) is 35.7. The summed E-state index contributed by atoms with van der Waals surface area (Å²) in [6, 6.07) is 69.8. The highest BCUT2D eigenvalue weighted by atomic mass is 19.2. The maximum Gasteiger partial charge on any atom is 0.265 e. The summed E-state index contributed by atoms with van der Waals surface area (Å²) in [5, 5.41) is 5.11. The number of unbranched alkanes of at least 4 members (excludes halogenated alkanes) is 6. The van der Waals surface area contributed by atoms with Gasteiger partial charge >= 0.3 is 0 Å². The average molecular weight is 1940 g/mol. The van der Waals surface area contributed by atoms with Crippen LogP contribution in [0, 0.1) is 46.5 Å². The highest BCUT2D eigenvalue weighted by molar-refractivity contribution is 6.44. The number of hydrogen-bond acceptors (Lipinski definition) is 13. The minimum Gasteiger partial charge on any atom is -0.494 e. The fraction of sp³-hybridized carbons (Fsp3) is 0.178. The Morgan fingerprint density at radius 2 is 0.597 bits per heavy atom. The van der Waals surface area contributed by atoms with Crippen molar-refractivity contribution in [2.75, 3.05) is 41.1 Å². The van der Waals surface area contributed by atoms with E-state index >= 15 is 54.3 Å². The van der Waals surface area contributed by atoms with Crippen LogP contribution in [0.15, 0.2) is 255 Å². The molecule has 4 amide bonds. The van der Waals surface area contributed by atoms with Crippen molar-refractivity contribution in [2.24, 2.45) is 0 Å². The lowest BCUT2D eigenvalue weighted by molar-refractivity contribution is 0.0516. The van der Waals surface area contributed by atoms with E-state index in [1.165, 1.54) is 89.8 Å². The second-order valence-corrected chi connectivity index (χ2v) is 35.7. The Balaban J connectivity index is 0.671. The number of benzene rings is 14. The molecule has 144 heavy (non-hydrogen) atoms. The van der Waals surface area contributed by atoms with Gasteiger partial charge in [-0.1, -0.05) is 102 Å². The number of amides is 4. The Hall–Kier alpha value is -16.8. The Kier molecular flexibility index (Phi) is 25.3. The predicted octanol–water partition coefficient (Wildman–Crippen LogP) is 31.7. The molecule has 14 aromatic carbocycles. The standard InChI is InChI=1S/C118H94F8N8O10/c1-7-13-15-17-19-66(20-18-16-14-8-2)133-115(135)84-53-49-80-82-51-55-86-100-87(56-52-83(98(82)100)81-50-54-85(116(133)136)99(84)97(80)81)118(138)134(117(86)137)73-23-21-65(22-24-73)96-90-61-63-94(129-90)101(103-105(119)109(123)113(110(124)106(103)120)143-78-45-33-71(34-46-78)131(67-25-37-74(38-26-67)139-9-3)68-27-39-75(40-28-68)140-10-4)92-59-57-88(127-92)89-58-60-93(128-89)102(95-64-62-91(96)130-95)104-107(121)111(125)114(112(126)108(104)122)144-79-47-35-72(36-48-79)132(69-29-41-76(42-30-69)141-11-5)70-31-43-77(44-32-70)142-12-6/h21-64,66,127,129-130H,7-20H2,1-6H3. The van der Waals surface area contributed by atoms with Crippen LogP contribution in [0.5, 0.6) is 46.0 Å². The third-order valence-electron chi connectivity index (χ3n) is 27.0. The summed E-state index contributed by atoms with van der Waals surface area (Å²) in [4.78, 5) is 81.8. The van der Waals surface area contributed by atoms with Gasteiger partial charge in [0.2, 0.25) is 34.8 Å². The summed E-state index contributed by atoms with van der Waals surface area (Å²) in [6.45, 7) is 13.5. The van der Waals surface area contributed by atoms with E-state index in [1.807, 2.05) is 110 Å². The molecule has 3 aliphatic rings. The number of aromatic nitrogens is 4. The van der Waals surface area contributed by atoms with E-state index in [0.717, 1.165) is 67.0 Å².